The third-order valence-corrected chi connectivity index (χ3v) is 9.53. The topological polar surface area (TPSA) is 23.4 Å². The van der Waals surface area contributed by atoms with Crippen LogP contribution in [0.4, 0.5) is 0 Å². The number of halogens is 1. The molecule has 7 aromatic rings. The van der Waals surface area contributed by atoms with Gasteiger partial charge in [-0.3, -0.25) is 0 Å². The Kier molecular flexibility index (Phi) is 5.66. The van der Waals surface area contributed by atoms with Gasteiger partial charge in [-0.25, -0.2) is 0 Å². The molecule has 0 radical (unpaired) electrons. The third-order valence-electron chi connectivity index (χ3n) is 9.23. The first kappa shape index (κ1) is 25.9. The van der Waals surface area contributed by atoms with Gasteiger partial charge in [-0.2, -0.15) is 0 Å². The van der Waals surface area contributed by atoms with Crippen molar-refractivity contribution in [2.45, 2.75) is 19.3 Å². The van der Waals surface area contributed by atoms with Crippen LogP contribution in [0.2, 0.25) is 5.02 Å². The highest BCUT2D eigenvalue weighted by Gasteiger charge is 2.37. The lowest BCUT2D eigenvalue weighted by Crippen LogP contribution is -2.15. The molecule has 0 aliphatic heterocycles. The Morgan fingerprint density at radius 2 is 1.47 bits per heavy atom. The molecule has 0 unspecified atom stereocenters. The first-order chi connectivity index (χ1) is 20.9. The number of fused-ring (bicyclic) bond motifs is 8. The maximum Gasteiger partial charge on any atom is 0.128 e. The molecule has 1 heterocycles. The molecular formula is C39H30ClNO2. The molecule has 210 valence electrons. The molecule has 43 heavy (non-hydrogen) atoms. The first-order valence-electron chi connectivity index (χ1n) is 14.5. The summed E-state index contributed by atoms with van der Waals surface area (Å²) in [6.45, 7) is 4.63. The maximum absolute atomic E-state index is 7.03. The van der Waals surface area contributed by atoms with Crippen LogP contribution in [0.15, 0.2) is 109 Å². The van der Waals surface area contributed by atoms with E-state index in [1.54, 1.807) is 14.2 Å². The Morgan fingerprint density at radius 3 is 2.26 bits per heavy atom. The third kappa shape index (κ3) is 3.68. The van der Waals surface area contributed by atoms with Gasteiger partial charge in [0.25, 0.3) is 0 Å². The second-order valence-electron chi connectivity index (χ2n) is 11.8. The smallest absolute Gasteiger partial charge is 0.128 e. The summed E-state index contributed by atoms with van der Waals surface area (Å²) in [7, 11) is 3.45. The number of aromatic nitrogens is 1. The van der Waals surface area contributed by atoms with Crippen molar-refractivity contribution in [2.75, 3.05) is 14.2 Å². The molecule has 1 aliphatic rings. The number of nitrogens with zero attached hydrogens (tertiary/aromatic N) is 1. The lowest BCUT2D eigenvalue weighted by molar-refractivity contribution is 0.413. The Hall–Kier alpha value is -4.73. The van der Waals surface area contributed by atoms with Crippen molar-refractivity contribution in [3.63, 3.8) is 0 Å². The molecule has 0 N–H and O–H groups in total. The quantitative estimate of drug-likeness (QED) is 0.207. The van der Waals surface area contributed by atoms with Crippen LogP contribution in [0.25, 0.3) is 60.5 Å². The van der Waals surface area contributed by atoms with E-state index >= 15 is 0 Å². The van der Waals surface area contributed by atoms with Gasteiger partial charge in [0, 0.05) is 16.5 Å². The molecule has 1 aliphatic carbocycles. The molecule has 1 aromatic heterocycles. The van der Waals surface area contributed by atoms with E-state index in [1.165, 1.54) is 38.6 Å². The molecule has 0 atom stereocenters. The molecule has 3 nitrogen and oxygen atoms in total. The molecule has 4 heteroatoms. The van der Waals surface area contributed by atoms with Crippen LogP contribution >= 0.6 is 11.6 Å². The van der Waals surface area contributed by atoms with E-state index in [1.807, 2.05) is 18.2 Å². The summed E-state index contributed by atoms with van der Waals surface area (Å²) < 4.78 is 13.8. The summed E-state index contributed by atoms with van der Waals surface area (Å²) in [6, 6.07) is 38.7. The highest BCUT2D eigenvalue weighted by atomic mass is 35.5. The fourth-order valence-corrected chi connectivity index (χ4v) is 7.45. The van der Waals surface area contributed by atoms with Crippen LogP contribution in [0.3, 0.4) is 0 Å². The van der Waals surface area contributed by atoms with Crippen LogP contribution in [-0.4, -0.2) is 18.8 Å². The Labute approximate surface area is 255 Å². The standard InChI is InChI=1S/C39H30ClNO2/c1-39(2)32-22-27(42-3)14-16-28(32)29-15-11-24-10-13-26(21-30(24)37(29)39)41-34-18-12-25(23-8-6-5-7-9-23)20-31(34)36-35(43-4)19-17-33(40)38(36)41/h5-22H,1-4H3. The fraction of sp³-hybridized carbons (Fsp3) is 0.128. The zero-order valence-electron chi connectivity index (χ0n) is 24.5. The van der Waals surface area contributed by atoms with E-state index < -0.39 is 0 Å². The van der Waals surface area contributed by atoms with Crippen LogP contribution in [-0.2, 0) is 5.41 Å². The minimum atomic E-state index is -0.191. The van der Waals surface area contributed by atoms with Crippen molar-refractivity contribution in [3.8, 4) is 39.4 Å². The van der Waals surface area contributed by atoms with Gasteiger partial charge in [-0.15, -0.1) is 0 Å². The number of hydrogen-bond donors (Lipinski definition) is 0. The number of ether oxygens (including phenoxy) is 2. The van der Waals surface area contributed by atoms with Crippen LogP contribution < -0.4 is 9.47 Å². The Balaban J connectivity index is 1.43. The van der Waals surface area contributed by atoms with Crippen molar-refractivity contribution in [3.05, 3.63) is 125 Å². The molecular weight excluding hydrogens is 550 g/mol. The van der Waals surface area contributed by atoms with Crippen LogP contribution in [0, 0.1) is 0 Å². The molecule has 0 bridgehead atoms. The summed E-state index contributed by atoms with van der Waals surface area (Å²) >= 11 is 7.03. The number of methoxy groups -OCH3 is 2. The largest absolute Gasteiger partial charge is 0.497 e. The monoisotopic (exact) mass is 579 g/mol. The molecule has 0 saturated carbocycles. The average molecular weight is 580 g/mol. The molecule has 0 fully saturated rings. The predicted octanol–water partition coefficient (Wildman–Crippen LogP) is 10.6. The predicted molar refractivity (Wildman–Crippen MR) is 179 cm³/mol. The lowest BCUT2D eigenvalue weighted by atomic mass is 9.80. The van der Waals surface area contributed by atoms with Gasteiger partial charge in [-0.1, -0.05) is 86.1 Å². The van der Waals surface area contributed by atoms with Gasteiger partial charge in [-0.05, 0) is 92.7 Å². The highest BCUT2D eigenvalue weighted by molar-refractivity contribution is 6.37. The van der Waals surface area contributed by atoms with Gasteiger partial charge in [0.1, 0.15) is 11.5 Å². The van der Waals surface area contributed by atoms with E-state index in [-0.39, 0.29) is 5.41 Å². The van der Waals surface area contributed by atoms with Crippen molar-refractivity contribution < 1.29 is 9.47 Å². The van der Waals surface area contributed by atoms with E-state index in [4.69, 9.17) is 21.1 Å². The van der Waals surface area contributed by atoms with E-state index in [9.17, 15) is 0 Å². The number of benzene rings is 6. The van der Waals surface area contributed by atoms with Crippen molar-refractivity contribution >= 4 is 44.2 Å². The second-order valence-corrected chi connectivity index (χ2v) is 12.2. The van der Waals surface area contributed by atoms with Gasteiger partial charge in [0.15, 0.2) is 0 Å². The number of hydrogen-bond acceptors (Lipinski definition) is 2. The van der Waals surface area contributed by atoms with Crippen molar-refractivity contribution in [1.82, 2.24) is 4.57 Å². The van der Waals surface area contributed by atoms with Crippen LogP contribution in [0.5, 0.6) is 11.5 Å². The molecule has 0 saturated heterocycles. The maximum atomic E-state index is 7.03. The summed E-state index contributed by atoms with van der Waals surface area (Å²) in [5.74, 6) is 1.69. The second kappa shape index (κ2) is 9.39. The fourth-order valence-electron chi connectivity index (χ4n) is 7.21. The molecule has 6 aromatic carbocycles. The van der Waals surface area contributed by atoms with Crippen LogP contribution in [0.1, 0.15) is 25.0 Å². The summed E-state index contributed by atoms with van der Waals surface area (Å²) in [6.07, 6.45) is 0. The van der Waals surface area contributed by atoms with E-state index in [2.05, 4.69) is 109 Å². The van der Waals surface area contributed by atoms with Gasteiger partial charge in [0.2, 0.25) is 0 Å². The lowest BCUT2D eigenvalue weighted by Gasteiger charge is -2.24. The minimum Gasteiger partial charge on any atom is -0.497 e. The summed E-state index contributed by atoms with van der Waals surface area (Å²) in [5.41, 5.74) is 10.4. The SMILES string of the molecule is COc1ccc2c(c1)C(C)(C)c1c-2ccc2ccc(-n3c4ccc(-c5ccccc5)cc4c4c(OC)ccc(Cl)c43)cc12. The Bertz CT molecular complexity index is 2240. The summed E-state index contributed by atoms with van der Waals surface area (Å²) in [5, 5.41) is 5.26. The Morgan fingerprint density at radius 1 is 0.674 bits per heavy atom. The van der Waals surface area contributed by atoms with Gasteiger partial charge in [0.05, 0.1) is 35.7 Å². The normalized spacial score (nSPS) is 13.4. The van der Waals surface area contributed by atoms with Crippen molar-refractivity contribution in [1.29, 1.82) is 0 Å². The van der Waals surface area contributed by atoms with Gasteiger partial charge < -0.3 is 14.0 Å². The zero-order valence-corrected chi connectivity index (χ0v) is 25.3. The van der Waals surface area contributed by atoms with Gasteiger partial charge >= 0.3 is 0 Å². The first-order valence-corrected chi connectivity index (χ1v) is 14.9. The number of rotatable bonds is 4. The zero-order chi connectivity index (χ0) is 29.5. The minimum absolute atomic E-state index is 0.191. The molecule has 0 spiro atoms. The molecule has 8 rings (SSSR count). The van der Waals surface area contributed by atoms with Crippen molar-refractivity contribution in [2.24, 2.45) is 0 Å². The van der Waals surface area contributed by atoms with E-state index in [0.717, 1.165) is 44.6 Å². The average Bonchev–Trinajstić information content (AvgIpc) is 3.51. The highest BCUT2D eigenvalue weighted by Crippen LogP contribution is 2.52. The summed E-state index contributed by atoms with van der Waals surface area (Å²) in [4.78, 5) is 0. The molecule has 0 amide bonds. The van der Waals surface area contributed by atoms with E-state index in [0.29, 0.717) is 5.02 Å².